The first-order chi connectivity index (χ1) is 11.8. The second-order valence-electron chi connectivity index (χ2n) is 6.82. The summed E-state index contributed by atoms with van der Waals surface area (Å²) in [6.07, 6.45) is 3.03. The van der Waals surface area contributed by atoms with Crippen LogP contribution >= 0.6 is 0 Å². The first-order valence-corrected chi connectivity index (χ1v) is 8.96. The Hall–Kier alpha value is -1.62. The molecule has 1 N–H and O–H groups in total. The summed E-state index contributed by atoms with van der Waals surface area (Å²) in [6, 6.07) is 13.5. The molecule has 0 aromatic heterocycles. The molecule has 2 fully saturated rings. The molecule has 1 saturated carbocycles. The number of hydrogen-bond acceptors (Lipinski definition) is 4. The molecule has 1 saturated heterocycles. The normalized spacial score (nSPS) is 22.0. The van der Waals surface area contributed by atoms with Crippen molar-refractivity contribution < 1.29 is 9.47 Å². The molecule has 0 radical (unpaired) electrons. The second kappa shape index (κ2) is 7.09. The van der Waals surface area contributed by atoms with E-state index in [2.05, 4.69) is 46.6 Å². The number of ether oxygens (including phenoxy) is 2. The smallest absolute Gasteiger partial charge is 0.123 e. The summed E-state index contributed by atoms with van der Waals surface area (Å²) in [7, 11) is 1.74. The molecule has 1 heterocycles. The molecular formula is C20H26N2O2. The molecule has 24 heavy (non-hydrogen) atoms. The number of rotatable bonds is 6. The number of methoxy groups -OCH3 is 1. The van der Waals surface area contributed by atoms with Crippen molar-refractivity contribution in [1.29, 1.82) is 0 Å². The average Bonchev–Trinajstić information content (AvgIpc) is 3.47. The lowest BCUT2D eigenvalue weighted by atomic mass is 10.0. The van der Waals surface area contributed by atoms with Crippen molar-refractivity contribution in [3.63, 3.8) is 0 Å². The van der Waals surface area contributed by atoms with E-state index in [9.17, 15) is 0 Å². The van der Waals surface area contributed by atoms with Gasteiger partial charge in [-0.2, -0.15) is 0 Å². The van der Waals surface area contributed by atoms with Crippen molar-refractivity contribution in [3.05, 3.63) is 42.0 Å². The Morgan fingerprint density at radius 3 is 2.92 bits per heavy atom. The fourth-order valence-corrected chi connectivity index (χ4v) is 3.68. The highest BCUT2D eigenvalue weighted by atomic mass is 16.5. The van der Waals surface area contributed by atoms with E-state index in [0.717, 1.165) is 44.6 Å². The number of fused-ring (bicyclic) bond motifs is 1. The van der Waals surface area contributed by atoms with E-state index in [0.29, 0.717) is 6.10 Å². The highest BCUT2D eigenvalue weighted by Gasteiger charge is 2.32. The van der Waals surface area contributed by atoms with Crippen LogP contribution in [-0.4, -0.2) is 50.4 Å². The summed E-state index contributed by atoms with van der Waals surface area (Å²) in [5.74, 6) is 0.949. The van der Waals surface area contributed by atoms with Gasteiger partial charge in [0, 0.05) is 37.8 Å². The van der Waals surface area contributed by atoms with Gasteiger partial charge >= 0.3 is 0 Å². The summed E-state index contributed by atoms with van der Waals surface area (Å²) < 4.78 is 11.5. The molecule has 128 valence electrons. The van der Waals surface area contributed by atoms with E-state index in [1.807, 2.05) is 0 Å². The maximum absolute atomic E-state index is 5.93. The number of hydrogen-bond donors (Lipinski definition) is 1. The highest BCUT2D eigenvalue weighted by molar-refractivity contribution is 5.87. The minimum atomic E-state index is 0.292. The third-order valence-corrected chi connectivity index (χ3v) is 5.12. The van der Waals surface area contributed by atoms with Crippen LogP contribution in [0.4, 0.5) is 0 Å². The summed E-state index contributed by atoms with van der Waals surface area (Å²) >= 11 is 0. The third kappa shape index (κ3) is 3.41. The van der Waals surface area contributed by atoms with Crippen molar-refractivity contribution in [2.75, 3.05) is 33.4 Å². The lowest BCUT2D eigenvalue weighted by Crippen LogP contribution is -2.47. The van der Waals surface area contributed by atoms with Crippen molar-refractivity contribution in [2.24, 2.45) is 0 Å². The van der Waals surface area contributed by atoms with Crippen LogP contribution in [-0.2, 0) is 11.3 Å². The molecule has 1 aliphatic heterocycles. The number of nitrogens with one attached hydrogen (secondary N) is 1. The van der Waals surface area contributed by atoms with E-state index in [1.165, 1.54) is 29.2 Å². The molecule has 4 rings (SSSR count). The molecule has 2 aliphatic rings. The lowest BCUT2D eigenvalue weighted by Gasteiger charge is -2.33. The zero-order valence-corrected chi connectivity index (χ0v) is 14.3. The molecule has 0 spiro atoms. The molecule has 2 aromatic rings. The molecule has 2 aromatic carbocycles. The lowest BCUT2D eigenvalue weighted by molar-refractivity contribution is -0.0301. The molecular weight excluding hydrogens is 300 g/mol. The van der Waals surface area contributed by atoms with Gasteiger partial charge in [-0.3, -0.25) is 4.90 Å². The summed E-state index contributed by atoms with van der Waals surface area (Å²) in [4.78, 5) is 2.59. The zero-order valence-electron chi connectivity index (χ0n) is 14.3. The quantitative estimate of drug-likeness (QED) is 0.885. The van der Waals surface area contributed by atoms with Crippen LogP contribution in [0, 0.1) is 0 Å². The van der Waals surface area contributed by atoms with Crippen LogP contribution < -0.4 is 10.1 Å². The van der Waals surface area contributed by atoms with Crippen LogP contribution in [0.15, 0.2) is 36.4 Å². The molecule has 0 amide bonds. The Labute approximate surface area is 143 Å². The van der Waals surface area contributed by atoms with E-state index in [1.54, 1.807) is 7.11 Å². The summed E-state index contributed by atoms with van der Waals surface area (Å²) in [5.41, 5.74) is 1.23. The first-order valence-electron chi connectivity index (χ1n) is 8.96. The fraction of sp³-hybridized carbons (Fsp3) is 0.500. The minimum absolute atomic E-state index is 0.292. The van der Waals surface area contributed by atoms with Crippen molar-refractivity contribution in [3.8, 4) is 5.75 Å². The van der Waals surface area contributed by atoms with Crippen molar-refractivity contribution >= 4 is 10.8 Å². The molecule has 4 nitrogen and oxygen atoms in total. The Balaban J connectivity index is 1.41. The predicted octanol–water partition coefficient (Wildman–Crippen LogP) is 2.80. The molecule has 1 aliphatic carbocycles. The van der Waals surface area contributed by atoms with Gasteiger partial charge < -0.3 is 14.8 Å². The van der Waals surface area contributed by atoms with Gasteiger partial charge in [0.1, 0.15) is 5.75 Å². The number of morpholine rings is 1. The van der Waals surface area contributed by atoms with E-state index in [-0.39, 0.29) is 0 Å². The SMILES string of the molecule is COc1ccc2ccccc2c1CNCC1CN(C2CC2)CCO1. The van der Waals surface area contributed by atoms with E-state index in [4.69, 9.17) is 9.47 Å². The van der Waals surface area contributed by atoms with E-state index < -0.39 is 0 Å². The summed E-state index contributed by atoms with van der Waals surface area (Å²) in [5, 5.41) is 6.10. The van der Waals surface area contributed by atoms with Crippen LogP contribution in [0.25, 0.3) is 10.8 Å². The fourth-order valence-electron chi connectivity index (χ4n) is 3.68. The number of benzene rings is 2. The molecule has 0 bridgehead atoms. The Bertz CT molecular complexity index is 699. The van der Waals surface area contributed by atoms with Gasteiger partial charge in [-0.05, 0) is 29.7 Å². The third-order valence-electron chi connectivity index (χ3n) is 5.12. The van der Waals surface area contributed by atoms with Crippen molar-refractivity contribution in [1.82, 2.24) is 10.2 Å². The maximum Gasteiger partial charge on any atom is 0.123 e. The van der Waals surface area contributed by atoms with Gasteiger partial charge in [-0.25, -0.2) is 0 Å². The molecule has 1 atom stereocenters. The average molecular weight is 326 g/mol. The van der Waals surface area contributed by atoms with Crippen LogP contribution in [0.2, 0.25) is 0 Å². The van der Waals surface area contributed by atoms with Gasteiger partial charge in [0.25, 0.3) is 0 Å². The Morgan fingerprint density at radius 1 is 1.21 bits per heavy atom. The second-order valence-corrected chi connectivity index (χ2v) is 6.82. The molecule has 4 heteroatoms. The predicted molar refractivity (Wildman–Crippen MR) is 96.5 cm³/mol. The monoisotopic (exact) mass is 326 g/mol. The van der Waals surface area contributed by atoms with Crippen LogP contribution in [0.3, 0.4) is 0 Å². The van der Waals surface area contributed by atoms with Gasteiger partial charge in [0.05, 0.1) is 19.8 Å². The topological polar surface area (TPSA) is 33.7 Å². The molecule has 1 unspecified atom stereocenters. The Kier molecular flexibility index (Phi) is 4.69. The standard InChI is InChI=1S/C20H26N2O2/c1-23-20-9-6-15-4-2-3-5-18(15)19(20)13-21-12-17-14-22(10-11-24-17)16-7-8-16/h2-6,9,16-17,21H,7-8,10-14H2,1H3. The summed E-state index contributed by atoms with van der Waals surface area (Å²) in [6.45, 7) is 4.70. The van der Waals surface area contributed by atoms with Gasteiger partial charge in [0.2, 0.25) is 0 Å². The largest absolute Gasteiger partial charge is 0.496 e. The first kappa shape index (κ1) is 15.9. The maximum atomic E-state index is 5.93. The number of nitrogens with zero attached hydrogens (tertiary/aromatic N) is 1. The van der Waals surface area contributed by atoms with Gasteiger partial charge in [-0.15, -0.1) is 0 Å². The Morgan fingerprint density at radius 2 is 2.08 bits per heavy atom. The van der Waals surface area contributed by atoms with Crippen LogP contribution in [0.5, 0.6) is 5.75 Å². The van der Waals surface area contributed by atoms with Crippen molar-refractivity contribution in [2.45, 2.75) is 31.5 Å². The van der Waals surface area contributed by atoms with Gasteiger partial charge in [0.15, 0.2) is 0 Å². The van der Waals surface area contributed by atoms with Crippen LogP contribution in [0.1, 0.15) is 18.4 Å². The highest BCUT2D eigenvalue weighted by Crippen LogP contribution is 2.29. The minimum Gasteiger partial charge on any atom is -0.496 e. The zero-order chi connectivity index (χ0) is 16.4. The van der Waals surface area contributed by atoms with E-state index >= 15 is 0 Å². The van der Waals surface area contributed by atoms with Gasteiger partial charge in [-0.1, -0.05) is 30.3 Å².